The second-order valence-corrected chi connectivity index (χ2v) is 5.15. The molecule has 1 amide bonds. The fourth-order valence-electron chi connectivity index (χ4n) is 2.55. The maximum absolute atomic E-state index is 12.3. The summed E-state index contributed by atoms with van der Waals surface area (Å²) in [6.45, 7) is 4.68. The lowest BCUT2D eigenvalue weighted by atomic mass is 10.2. The monoisotopic (exact) mass is 324 g/mol. The number of aryl methyl sites for hydroxylation is 1. The summed E-state index contributed by atoms with van der Waals surface area (Å²) in [7, 11) is 0. The van der Waals surface area contributed by atoms with Crippen LogP contribution in [0.2, 0.25) is 0 Å². The van der Waals surface area contributed by atoms with Crippen LogP contribution in [0.25, 0.3) is 11.0 Å². The first-order valence-electron chi connectivity index (χ1n) is 7.37. The Bertz CT molecular complexity index is 638. The minimum Gasteiger partial charge on any atom is -0.378 e. The molecule has 3 rings (SSSR count). The number of halogens is 1. The molecule has 0 saturated carbocycles. The summed E-state index contributed by atoms with van der Waals surface area (Å²) in [6.07, 6.45) is 0.980. The molecule has 0 radical (unpaired) electrons. The maximum Gasteiger partial charge on any atom is 0.246 e. The van der Waals surface area contributed by atoms with E-state index in [-0.39, 0.29) is 24.4 Å². The number of nitrogens with one attached hydrogen (secondary N) is 2. The third-order valence-electron chi connectivity index (χ3n) is 3.57. The molecule has 1 aromatic carbocycles. The smallest absolute Gasteiger partial charge is 0.246 e. The topological polar surface area (TPSA) is 68.2 Å². The second-order valence-electron chi connectivity index (χ2n) is 5.15. The molecule has 0 spiro atoms. The number of hydrogen-bond donors (Lipinski definition) is 2. The first-order valence-corrected chi connectivity index (χ1v) is 7.37. The molecule has 2 heterocycles. The molecule has 2 N–H and O–H groups in total. The lowest BCUT2D eigenvalue weighted by molar-refractivity contribution is -0.120. The average molecular weight is 325 g/mol. The highest BCUT2D eigenvalue weighted by Gasteiger charge is 2.23. The predicted octanol–water partition coefficient (Wildman–Crippen LogP) is 1.79. The van der Waals surface area contributed by atoms with Crippen molar-refractivity contribution in [1.29, 1.82) is 0 Å². The van der Waals surface area contributed by atoms with Crippen molar-refractivity contribution >= 4 is 35.3 Å². The number of carbonyl (C=O) groups excluding carboxylic acids is 1. The number of anilines is 1. The number of imidazole rings is 1. The Kier molecular flexibility index (Phi) is 5.76. The van der Waals surface area contributed by atoms with Gasteiger partial charge < -0.3 is 14.6 Å². The molecule has 1 aromatic heterocycles. The van der Waals surface area contributed by atoms with Crippen LogP contribution < -0.4 is 10.6 Å². The predicted molar refractivity (Wildman–Crippen MR) is 88.5 cm³/mol. The molecule has 1 atom stereocenters. The number of rotatable bonds is 4. The standard InChI is InChI=1S/C15H20N4O2.ClH/c1-2-8-19-13-6-4-3-5-11(13)17-15(19)18-14(20)12-10-21-9-7-16-12;/h3-6,12,16H,2,7-10H2,1H3,(H,17,18,20);1H. The van der Waals surface area contributed by atoms with Gasteiger partial charge in [0.15, 0.2) is 0 Å². The third-order valence-corrected chi connectivity index (χ3v) is 3.57. The molecular formula is C15H21ClN4O2. The van der Waals surface area contributed by atoms with Crippen molar-refractivity contribution in [2.75, 3.05) is 25.1 Å². The van der Waals surface area contributed by atoms with Gasteiger partial charge in [-0.15, -0.1) is 12.4 Å². The number of nitrogens with zero attached hydrogens (tertiary/aromatic N) is 2. The fourth-order valence-corrected chi connectivity index (χ4v) is 2.55. The van der Waals surface area contributed by atoms with Crippen LogP contribution in [-0.4, -0.2) is 41.3 Å². The maximum atomic E-state index is 12.3. The zero-order valence-electron chi connectivity index (χ0n) is 12.5. The highest BCUT2D eigenvalue weighted by molar-refractivity contribution is 5.95. The van der Waals surface area contributed by atoms with Gasteiger partial charge in [0, 0.05) is 13.1 Å². The summed E-state index contributed by atoms with van der Waals surface area (Å²) in [5, 5.41) is 6.08. The molecule has 0 bridgehead atoms. The molecule has 0 aliphatic carbocycles. The Balaban J connectivity index is 0.00000176. The normalized spacial score (nSPS) is 18.0. The Morgan fingerprint density at radius 1 is 1.50 bits per heavy atom. The number of benzene rings is 1. The van der Waals surface area contributed by atoms with Crippen LogP contribution in [-0.2, 0) is 16.1 Å². The Labute approximate surface area is 135 Å². The van der Waals surface area contributed by atoms with Crippen molar-refractivity contribution in [1.82, 2.24) is 14.9 Å². The Morgan fingerprint density at radius 2 is 2.32 bits per heavy atom. The van der Waals surface area contributed by atoms with E-state index in [4.69, 9.17) is 4.74 Å². The number of amides is 1. The molecule has 120 valence electrons. The van der Waals surface area contributed by atoms with Gasteiger partial charge in [0.2, 0.25) is 11.9 Å². The van der Waals surface area contributed by atoms with Gasteiger partial charge in [0.25, 0.3) is 0 Å². The largest absolute Gasteiger partial charge is 0.378 e. The summed E-state index contributed by atoms with van der Waals surface area (Å²) in [4.78, 5) is 16.8. The SMILES string of the molecule is CCCn1c(NC(=O)C2COCCN2)nc2ccccc21.Cl. The van der Waals surface area contributed by atoms with Gasteiger partial charge in [-0.3, -0.25) is 10.1 Å². The molecule has 1 fully saturated rings. The van der Waals surface area contributed by atoms with Crippen LogP contribution in [0, 0.1) is 0 Å². The van der Waals surface area contributed by atoms with Crippen molar-refractivity contribution in [3.63, 3.8) is 0 Å². The minimum atomic E-state index is -0.311. The molecule has 1 unspecified atom stereocenters. The Hall–Kier alpha value is -1.63. The lowest BCUT2D eigenvalue weighted by Gasteiger charge is -2.22. The molecule has 2 aromatic rings. The van der Waals surface area contributed by atoms with E-state index in [0.29, 0.717) is 25.7 Å². The van der Waals surface area contributed by atoms with Crippen LogP contribution in [0.1, 0.15) is 13.3 Å². The van der Waals surface area contributed by atoms with Gasteiger partial charge >= 0.3 is 0 Å². The highest BCUT2D eigenvalue weighted by atomic mass is 35.5. The van der Waals surface area contributed by atoms with Crippen molar-refractivity contribution < 1.29 is 9.53 Å². The summed E-state index contributed by atoms with van der Waals surface area (Å²) in [5.41, 5.74) is 1.94. The fraction of sp³-hybridized carbons (Fsp3) is 0.467. The molecule has 7 heteroatoms. The van der Waals surface area contributed by atoms with E-state index >= 15 is 0 Å². The quantitative estimate of drug-likeness (QED) is 0.900. The molecule has 1 aliphatic heterocycles. The third kappa shape index (κ3) is 3.40. The summed E-state index contributed by atoms with van der Waals surface area (Å²) < 4.78 is 7.38. The van der Waals surface area contributed by atoms with Crippen LogP contribution >= 0.6 is 12.4 Å². The first-order chi connectivity index (χ1) is 10.3. The van der Waals surface area contributed by atoms with E-state index in [9.17, 15) is 4.79 Å². The van der Waals surface area contributed by atoms with Crippen molar-refractivity contribution in [3.05, 3.63) is 24.3 Å². The number of para-hydroxylation sites is 2. The number of fused-ring (bicyclic) bond motifs is 1. The van der Waals surface area contributed by atoms with Crippen LogP contribution in [0.3, 0.4) is 0 Å². The second kappa shape index (κ2) is 7.58. The number of morpholine rings is 1. The summed E-state index contributed by atoms with van der Waals surface area (Å²) in [6, 6.07) is 7.61. The Morgan fingerprint density at radius 3 is 3.05 bits per heavy atom. The number of aromatic nitrogens is 2. The van der Waals surface area contributed by atoms with Crippen molar-refractivity contribution in [3.8, 4) is 0 Å². The number of ether oxygens (including phenoxy) is 1. The molecule has 1 saturated heterocycles. The zero-order valence-corrected chi connectivity index (χ0v) is 13.4. The van der Waals surface area contributed by atoms with E-state index in [1.807, 2.05) is 24.3 Å². The number of hydrogen-bond acceptors (Lipinski definition) is 4. The van der Waals surface area contributed by atoms with Gasteiger partial charge in [-0.05, 0) is 18.6 Å². The average Bonchev–Trinajstić information content (AvgIpc) is 2.86. The van der Waals surface area contributed by atoms with Crippen LogP contribution in [0.15, 0.2) is 24.3 Å². The van der Waals surface area contributed by atoms with Crippen LogP contribution in [0.5, 0.6) is 0 Å². The van der Waals surface area contributed by atoms with Gasteiger partial charge in [0.05, 0.1) is 24.2 Å². The van der Waals surface area contributed by atoms with E-state index in [1.54, 1.807) is 0 Å². The molecule has 22 heavy (non-hydrogen) atoms. The van der Waals surface area contributed by atoms with Crippen molar-refractivity contribution in [2.24, 2.45) is 0 Å². The van der Waals surface area contributed by atoms with Gasteiger partial charge in [-0.1, -0.05) is 19.1 Å². The number of carbonyl (C=O) groups is 1. The van der Waals surface area contributed by atoms with Crippen molar-refractivity contribution in [2.45, 2.75) is 25.9 Å². The summed E-state index contributed by atoms with van der Waals surface area (Å²) in [5.74, 6) is 0.512. The molecular weight excluding hydrogens is 304 g/mol. The van der Waals surface area contributed by atoms with Gasteiger partial charge in [-0.2, -0.15) is 0 Å². The van der Waals surface area contributed by atoms with Gasteiger partial charge in [-0.25, -0.2) is 4.98 Å². The summed E-state index contributed by atoms with van der Waals surface area (Å²) >= 11 is 0. The van der Waals surface area contributed by atoms with E-state index in [0.717, 1.165) is 24.0 Å². The highest BCUT2D eigenvalue weighted by Crippen LogP contribution is 2.20. The molecule has 6 nitrogen and oxygen atoms in total. The lowest BCUT2D eigenvalue weighted by Crippen LogP contribution is -2.49. The van der Waals surface area contributed by atoms with E-state index < -0.39 is 0 Å². The van der Waals surface area contributed by atoms with E-state index in [1.165, 1.54) is 0 Å². The minimum absolute atomic E-state index is 0. The van der Waals surface area contributed by atoms with Gasteiger partial charge in [0.1, 0.15) is 6.04 Å². The zero-order chi connectivity index (χ0) is 14.7. The molecule has 1 aliphatic rings. The van der Waals surface area contributed by atoms with Crippen LogP contribution in [0.4, 0.5) is 5.95 Å². The first kappa shape index (κ1) is 16.7. The van der Waals surface area contributed by atoms with E-state index in [2.05, 4.69) is 27.1 Å².